The van der Waals surface area contributed by atoms with Crippen molar-refractivity contribution in [1.82, 2.24) is 0 Å². The maximum Gasteiger partial charge on any atom is 0.232 e. The van der Waals surface area contributed by atoms with E-state index in [-0.39, 0.29) is 5.78 Å². The van der Waals surface area contributed by atoms with Crippen molar-refractivity contribution >= 4 is 33.9 Å². The van der Waals surface area contributed by atoms with E-state index in [2.05, 4.69) is 98.5 Å². The molecule has 3 aromatic carbocycles. The number of carbonyl (C=O) groups excluding carboxylic acids is 1. The van der Waals surface area contributed by atoms with E-state index in [0.29, 0.717) is 6.42 Å². The molecule has 0 aromatic heterocycles. The molecule has 0 N–H and O–H groups in total. The lowest BCUT2D eigenvalue weighted by Crippen LogP contribution is -2.33. The maximum absolute atomic E-state index is 13.5. The number of ketones is 1. The molecule has 0 unspecified atom stereocenters. The SMILES string of the molecule is CCCCC#CC(=O)C(CC)=P(c1ccccc1)(c1ccccc1)c1ccccc1. The first-order chi connectivity index (χ1) is 14.7. The smallest absolute Gasteiger partial charge is 0.232 e. The number of unbranched alkanes of at least 4 members (excludes halogenated alkanes) is 2. The summed E-state index contributed by atoms with van der Waals surface area (Å²) in [6.45, 7) is 1.92. The number of hydrogen-bond donors (Lipinski definition) is 0. The number of benzene rings is 3. The molecule has 30 heavy (non-hydrogen) atoms. The predicted octanol–water partition coefficient (Wildman–Crippen LogP) is 5.33. The van der Waals surface area contributed by atoms with Crippen LogP contribution >= 0.6 is 6.89 Å². The van der Waals surface area contributed by atoms with Crippen molar-refractivity contribution in [3.8, 4) is 11.8 Å². The molecule has 0 fully saturated rings. The van der Waals surface area contributed by atoms with Gasteiger partial charge < -0.3 is 0 Å². The summed E-state index contributed by atoms with van der Waals surface area (Å²) in [5.74, 6) is 6.09. The average Bonchev–Trinajstić information content (AvgIpc) is 2.82. The van der Waals surface area contributed by atoms with E-state index in [0.717, 1.165) is 24.6 Å². The van der Waals surface area contributed by atoms with Crippen molar-refractivity contribution in [3.63, 3.8) is 0 Å². The molecule has 0 heterocycles. The fourth-order valence-corrected chi connectivity index (χ4v) is 8.42. The minimum Gasteiger partial charge on any atom is -0.280 e. The first-order valence-electron chi connectivity index (χ1n) is 10.7. The zero-order chi connectivity index (χ0) is 21.2. The maximum atomic E-state index is 13.5. The summed E-state index contributed by atoms with van der Waals surface area (Å²) in [7, 11) is 0. The van der Waals surface area contributed by atoms with Crippen molar-refractivity contribution in [2.75, 3.05) is 0 Å². The molecule has 0 aliphatic rings. The Bertz CT molecular complexity index is 968. The molecule has 0 bridgehead atoms. The lowest BCUT2D eigenvalue weighted by atomic mass is 10.2. The Kier molecular flexibility index (Phi) is 7.89. The number of Topliss-reactive ketones (excluding diaryl/α,β-unsaturated/α-hetero) is 1. The monoisotopic (exact) mass is 412 g/mol. The predicted molar refractivity (Wildman–Crippen MR) is 133 cm³/mol. The third kappa shape index (κ3) is 4.51. The highest BCUT2D eigenvalue weighted by Gasteiger charge is 2.31. The van der Waals surface area contributed by atoms with Crippen LogP contribution in [0.5, 0.6) is 0 Å². The molecule has 0 atom stereocenters. The van der Waals surface area contributed by atoms with Crippen molar-refractivity contribution in [1.29, 1.82) is 0 Å². The molecular formula is C28H29OP. The van der Waals surface area contributed by atoms with Crippen LogP contribution in [0.15, 0.2) is 91.0 Å². The zero-order valence-electron chi connectivity index (χ0n) is 17.8. The van der Waals surface area contributed by atoms with Gasteiger partial charge in [0.05, 0.1) is 0 Å². The molecule has 3 aromatic rings. The Morgan fingerprint density at radius 2 is 1.17 bits per heavy atom. The van der Waals surface area contributed by atoms with Crippen LogP contribution in [0.1, 0.15) is 39.5 Å². The molecule has 0 aliphatic heterocycles. The van der Waals surface area contributed by atoms with Crippen LogP contribution in [-0.4, -0.2) is 11.1 Å². The standard InChI is InChI=1S/C28H29OP/c1-3-5-6-16-23-27(29)28(4-2)30(24-17-10-7-11-18-24,25-19-12-8-13-20-25)26-21-14-9-15-22-26/h7-15,17-22H,3-6H2,1-2H3. The molecular weight excluding hydrogens is 383 g/mol. The van der Waals surface area contributed by atoms with Crippen LogP contribution in [0.3, 0.4) is 0 Å². The van der Waals surface area contributed by atoms with Crippen molar-refractivity contribution in [2.24, 2.45) is 0 Å². The third-order valence-electron chi connectivity index (χ3n) is 5.29. The topological polar surface area (TPSA) is 17.1 Å². The number of hydrogen-bond acceptors (Lipinski definition) is 1. The van der Waals surface area contributed by atoms with Crippen molar-refractivity contribution in [3.05, 3.63) is 91.0 Å². The van der Waals surface area contributed by atoms with Crippen LogP contribution < -0.4 is 15.9 Å². The van der Waals surface area contributed by atoms with Gasteiger partial charge in [-0.2, -0.15) is 0 Å². The van der Waals surface area contributed by atoms with Gasteiger partial charge in [-0.3, -0.25) is 4.79 Å². The quantitative estimate of drug-likeness (QED) is 0.222. The van der Waals surface area contributed by atoms with Gasteiger partial charge >= 0.3 is 0 Å². The summed E-state index contributed by atoms with van der Waals surface area (Å²) in [4.78, 5) is 13.5. The van der Waals surface area contributed by atoms with Crippen LogP contribution in [0.25, 0.3) is 0 Å². The molecule has 0 aliphatic carbocycles. The van der Waals surface area contributed by atoms with E-state index < -0.39 is 6.89 Å². The minimum absolute atomic E-state index is 0.0153. The van der Waals surface area contributed by atoms with E-state index in [9.17, 15) is 4.79 Å². The van der Waals surface area contributed by atoms with Gasteiger partial charge in [-0.25, -0.2) is 0 Å². The lowest BCUT2D eigenvalue weighted by Gasteiger charge is -2.31. The summed E-state index contributed by atoms with van der Waals surface area (Å²) >= 11 is 0. The molecule has 1 nitrogen and oxygen atoms in total. The van der Waals surface area contributed by atoms with Gasteiger partial charge in [-0.05, 0) is 41.6 Å². The Morgan fingerprint density at radius 3 is 1.53 bits per heavy atom. The van der Waals surface area contributed by atoms with Crippen LogP contribution in [-0.2, 0) is 4.79 Å². The molecule has 0 saturated heterocycles. The third-order valence-corrected chi connectivity index (χ3v) is 9.84. The van der Waals surface area contributed by atoms with E-state index in [1.165, 1.54) is 15.9 Å². The molecule has 0 spiro atoms. The molecule has 0 radical (unpaired) electrons. The summed E-state index contributed by atoms with van der Waals surface area (Å²) < 4.78 is 0. The Labute approximate surface area is 181 Å². The minimum atomic E-state index is -2.31. The summed E-state index contributed by atoms with van der Waals surface area (Å²) in [5.41, 5.74) is 0. The highest BCUT2D eigenvalue weighted by atomic mass is 31.2. The van der Waals surface area contributed by atoms with Crippen LogP contribution in [0.2, 0.25) is 0 Å². The van der Waals surface area contributed by atoms with Crippen LogP contribution in [0.4, 0.5) is 0 Å². The highest BCUT2D eigenvalue weighted by molar-refractivity contribution is 7.96. The Hall–Kier alpha value is -2.81. The zero-order valence-corrected chi connectivity index (χ0v) is 18.7. The second-order valence-electron chi connectivity index (χ2n) is 7.21. The molecule has 3 rings (SSSR count). The average molecular weight is 413 g/mol. The second-order valence-corrected chi connectivity index (χ2v) is 10.6. The second kappa shape index (κ2) is 10.8. The first-order valence-corrected chi connectivity index (χ1v) is 12.5. The number of rotatable bonds is 7. The summed E-state index contributed by atoms with van der Waals surface area (Å²) in [6, 6.07) is 31.5. The Morgan fingerprint density at radius 1 is 0.733 bits per heavy atom. The summed E-state index contributed by atoms with van der Waals surface area (Å²) in [6.07, 6.45) is 3.56. The van der Waals surface area contributed by atoms with Crippen LogP contribution in [0, 0.1) is 11.8 Å². The highest BCUT2D eigenvalue weighted by Crippen LogP contribution is 2.46. The van der Waals surface area contributed by atoms with Gasteiger partial charge in [0.2, 0.25) is 5.78 Å². The fourth-order valence-electron chi connectivity index (χ4n) is 3.90. The summed E-state index contributed by atoms with van der Waals surface area (Å²) in [5, 5.41) is 4.52. The first kappa shape index (κ1) is 21.9. The largest absolute Gasteiger partial charge is 0.280 e. The number of carbonyl (C=O) groups is 1. The molecule has 152 valence electrons. The molecule has 0 saturated carbocycles. The van der Waals surface area contributed by atoms with Gasteiger partial charge in [0, 0.05) is 11.7 Å². The lowest BCUT2D eigenvalue weighted by molar-refractivity contribution is -0.108. The van der Waals surface area contributed by atoms with E-state index >= 15 is 0 Å². The van der Waals surface area contributed by atoms with Crippen molar-refractivity contribution < 1.29 is 4.79 Å². The van der Waals surface area contributed by atoms with E-state index in [1.54, 1.807) is 0 Å². The van der Waals surface area contributed by atoms with Gasteiger partial charge in [0.15, 0.2) is 0 Å². The normalized spacial score (nSPS) is 10.7. The van der Waals surface area contributed by atoms with Gasteiger partial charge in [0.25, 0.3) is 0 Å². The van der Waals surface area contributed by atoms with E-state index in [4.69, 9.17) is 0 Å². The van der Waals surface area contributed by atoms with Gasteiger partial charge in [-0.15, -0.1) is 0 Å². The van der Waals surface area contributed by atoms with E-state index in [1.807, 2.05) is 18.2 Å². The fraction of sp³-hybridized carbons (Fsp3) is 0.214. The van der Waals surface area contributed by atoms with Gasteiger partial charge in [-0.1, -0.05) is 117 Å². The Balaban J connectivity index is 2.42. The molecule has 0 amide bonds. The molecule has 2 heteroatoms. The van der Waals surface area contributed by atoms with Crippen molar-refractivity contribution in [2.45, 2.75) is 39.5 Å². The van der Waals surface area contributed by atoms with Gasteiger partial charge in [0.1, 0.15) is 0 Å².